The van der Waals surface area contributed by atoms with Crippen molar-refractivity contribution >= 4 is 23.3 Å². The first kappa shape index (κ1) is 16.0. The van der Waals surface area contributed by atoms with Crippen LogP contribution >= 0.6 is 0 Å². The molecular formula is C18H19N3O3. The highest BCUT2D eigenvalue weighted by molar-refractivity contribution is 5.99. The summed E-state index contributed by atoms with van der Waals surface area (Å²) in [7, 11) is 0. The number of hydroxylamine groups is 1. The highest BCUT2D eigenvalue weighted by atomic mass is 16.5. The number of hydrogen-bond acceptors (Lipinski definition) is 3. The van der Waals surface area contributed by atoms with Gasteiger partial charge in [0.2, 0.25) is 5.91 Å². The van der Waals surface area contributed by atoms with Crippen LogP contribution in [0.5, 0.6) is 0 Å². The largest absolute Gasteiger partial charge is 0.323 e. The second kappa shape index (κ2) is 7.14. The molecule has 0 aromatic heterocycles. The van der Waals surface area contributed by atoms with Gasteiger partial charge in [0.25, 0.3) is 0 Å². The molecule has 0 aliphatic heterocycles. The second-order valence-electron chi connectivity index (χ2n) is 5.84. The van der Waals surface area contributed by atoms with E-state index in [-0.39, 0.29) is 17.9 Å². The van der Waals surface area contributed by atoms with E-state index in [9.17, 15) is 9.59 Å². The van der Waals surface area contributed by atoms with Gasteiger partial charge in [-0.1, -0.05) is 24.3 Å². The molecule has 0 saturated heterocycles. The van der Waals surface area contributed by atoms with Crippen molar-refractivity contribution in [2.45, 2.75) is 19.3 Å². The predicted molar refractivity (Wildman–Crippen MR) is 91.0 cm³/mol. The summed E-state index contributed by atoms with van der Waals surface area (Å²) in [5, 5.41) is 14.3. The van der Waals surface area contributed by atoms with Crippen LogP contribution in [0, 0.1) is 5.92 Å². The SMILES string of the molecule is O=C(Nc1ccccc1)Nc1ccc2c(c1)CC(C(=O)NO)CC2. The van der Waals surface area contributed by atoms with E-state index in [1.165, 1.54) is 5.56 Å². The first-order chi connectivity index (χ1) is 11.7. The standard InChI is InChI=1S/C18H19N3O3/c22-17(21-24)13-7-6-12-8-9-16(11-14(12)10-13)20-18(23)19-15-4-2-1-3-5-15/h1-5,8-9,11,13,24H,6-7,10H2,(H,21,22)(H2,19,20,23). The first-order valence-electron chi connectivity index (χ1n) is 7.84. The summed E-state index contributed by atoms with van der Waals surface area (Å²) >= 11 is 0. The molecule has 0 bridgehead atoms. The molecule has 124 valence electrons. The Kier molecular flexibility index (Phi) is 4.77. The monoisotopic (exact) mass is 325 g/mol. The Labute approximate surface area is 139 Å². The predicted octanol–water partition coefficient (Wildman–Crippen LogP) is 2.94. The summed E-state index contributed by atoms with van der Waals surface area (Å²) in [6, 6.07) is 14.6. The number of hydrogen-bond donors (Lipinski definition) is 4. The van der Waals surface area contributed by atoms with Crippen molar-refractivity contribution in [2.24, 2.45) is 5.92 Å². The van der Waals surface area contributed by atoms with Crippen molar-refractivity contribution < 1.29 is 14.8 Å². The molecular weight excluding hydrogens is 306 g/mol. The quantitative estimate of drug-likeness (QED) is 0.516. The van der Waals surface area contributed by atoms with E-state index in [0.717, 1.165) is 12.0 Å². The van der Waals surface area contributed by atoms with Crippen LogP contribution in [0.25, 0.3) is 0 Å². The maximum Gasteiger partial charge on any atom is 0.323 e. The second-order valence-corrected chi connectivity index (χ2v) is 5.84. The van der Waals surface area contributed by atoms with E-state index in [4.69, 9.17) is 5.21 Å². The molecule has 24 heavy (non-hydrogen) atoms. The lowest BCUT2D eigenvalue weighted by Gasteiger charge is -2.23. The van der Waals surface area contributed by atoms with E-state index >= 15 is 0 Å². The molecule has 6 nitrogen and oxygen atoms in total. The van der Waals surface area contributed by atoms with Gasteiger partial charge in [-0.05, 0) is 54.7 Å². The average molecular weight is 325 g/mol. The molecule has 6 heteroatoms. The van der Waals surface area contributed by atoms with Crippen LogP contribution in [-0.4, -0.2) is 17.1 Å². The van der Waals surface area contributed by atoms with Gasteiger partial charge < -0.3 is 10.6 Å². The first-order valence-corrected chi connectivity index (χ1v) is 7.84. The molecule has 1 aliphatic carbocycles. The Morgan fingerprint density at radius 2 is 1.71 bits per heavy atom. The van der Waals surface area contributed by atoms with Crippen LogP contribution in [0.3, 0.4) is 0 Å². The third kappa shape index (κ3) is 3.72. The van der Waals surface area contributed by atoms with Crippen molar-refractivity contribution in [3.63, 3.8) is 0 Å². The maximum atomic E-state index is 12.0. The Morgan fingerprint density at radius 3 is 2.46 bits per heavy atom. The molecule has 0 spiro atoms. The number of aryl methyl sites for hydroxylation is 1. The number of carbonyl (C=O) groups excluding carboxylic acids is 2. The van der Waals surface area contributed by atoms with Crippen LogP contribution in [0.15, 0.2) is 48.5 Å². The van der Waals surface area contributed by atoms with E-state index in [2.05, 4.69) is 10.6 Å². The number of rotatable bonds is 3. The van der Waals surface area contributed by atoms with E-state index in [0.29, 0.717) is 24.2 Å². The molecule has 0 radical (unpaired) electrons. The zero-order chi connectivity index (χ0) is 16.9. The fourth-order valence-electron chi connectivity index (χ4n) is 2.96. The zero-order valence-corrected chi connectivity index (χ0v) is 13.1. The molecule has 0 saturated carbocycles. The van der Waals surface area contributed by atoms with Gasteiger partial charge >= 0.3 is 6.03 Å². The fourth-order valence-corrected chi connectivity index (χ4v) is 2.96. The smallest absolute Gasteiger partial charge is 0.308 e. The van der Waals surface area contributed by atoms with Crippen molar-refractivity contribution in [1.29, 1.82) is 0 Å². The van der Waals surface area contributed by atoms with Gasteiger partial charge in [0.15, 0.2) is 0 Å². The molecule has 0 fully saturated rings. The molecule has 4 N–H and O–H groups in total. The lowest BCUT2D eigenvalue weighted by molar-refractivity contribution is -0.133. The van der Waals surface area contributed by atoms with Crippen molar-refractivity contribution in [1.82, 2.24) is 5.48 Å². The van der Waals surface area contributed by atoms with Crippen LogP contribution in [-0.2, 0) is 17.6 Å². The molecule has 0 heterocycles. The Morgan fingerprint density at radius 1 is 0.958 bits per heavy atom. The molecule has 2 aromatic rings. The van der Waals surface area contributed by atoms with Gasteiger partial charge in [0.1, 0.15) is 0 Å². The summed E-state index contributed by atoms with van der Waals surface area (Å²) in [5.74, 6) is -0.600. The number of nitrogens with one attached hydrogen (secondary N) is 3. The average Bonchev–Trinajstić information content (AvgIpc) is 2.61. The molecule has 2 aromatic carbocycles. The number of carbonyl (C=O) groups is 2. The fraction of sp³-hybridized carbons (Fsp3) is 0.222. The summed E-state index contributed by atoms with van der Waals surface area (Å²) in [4.78, 5) is 23.7. The minimum absolute atomic E-state index is 0.240. The number of para-hydroxylation sites is 1. The van der Waals surface area contributed by atoms with Gasteiger partial charge in [0, 0.05) is 17.3 Å². The minimum atomic E-state index is -0.360. The van der Waals surface area contributed by atoms with E-state index < -0.39 is 0 Å². The lowest BCUT2D eigenvalue weighted by Crippen LogP contribution is -2.32. The van der Waals surface area contributed by atoms with Gasteiger partial charge in [0.05, 0.1) is 0 Å². The molecule has 1 atom stereocenters. The molecule has 1 unspecified atom stereocenters. The normalized spacial score (nSPS) is 16.0. The van der Waals surface area contributed by atoms with Gasteiger partial charge in [-0.25, -0.2) is 10.3 Å². The summed E-state index contributed by atoms with van der Waals surface area (Å²) in [6.45, 7) is 0. The Bertz CT molecular complexity index is 746. The van der Waals surface area contributed by atoms with Gasteiger partial charge in [-0.3, -0.25) is 10.0 Å². The highest BCUT2D eigenvalue weighted by Gasteiger charge is 2.24. The maximum absolute atomic E-state index is 12.0. The van der Waals surface area contributed by atoms with Crippen molar-refractivity contribution in [2.75, 3.05) is 10.6 Å². The van der Waals surface area contributed by atoms with Crippen LogP contribution in [0.4, 0.5) is 16.2 Å². The van der Waals surface area contributed by atoms with E-state index in [1.54, 1.807) is 5.48 Å². The molecule has 3 rings (SSSR count). The van der Waals surface area contributed by atoms with Gasteiger partial charge in [-0.15, -0.1) is 0 Å². The zero-order valence-electron chi connectivity index (χ0n) is 13.1. The van der Waals surface area contributed by atoms with Crippen LogP contribution in [0.1, 0.15) is 17.5 Å². The summed E-state index contributed by atoms with van der Waals surface area (Å²) < 4.78 is 0. The topological polar surface area (TPSA) is 90.5 Å². The van der Waals surface area contributed by atoms with Crippen molar-refractivity contribution in [3.05, 3.63) is 59.7 Å². The summed E-state index contributed by atoms with van der Waals surface area (Å²) in [5.41, 5.74) is 5.30. The van der Waals surface area contributed by atoms with Crippen LogP contribution in [0.2, 0.25) is 0 Å². The number of benzene rings is 2. The Balaban J connectivity index is 1.67. The third-order valence-corrected chi connectivity index (χ3v) is 4.21. The highest BCUT2D eigenvalue weighted by Crippen LogP contribution is 2.28. The molecule has 1 aliphatic rings. The molecule has 3 amide bonds. The Hall–Kier alpha value is -2.86. The van der Waals surface area contributed by atoms with Gasteiger partial charge in [-0.2, -0.15) is 0 Å². The third-order valence-electron chi connectivity index (χ3n) is 4.21. The number of amides is 3. The summed E-state index contributed by atoms with van der Waals surface area (Å²) in [6.07, 6.45) is 2.04. The van der Waals surface area contributed by atoms with Crippen LogP contribution < -0.4 is 16.1 Å². The van der Waals surface area contributed by atoms with Crippen molar-refractivity contribution in [3.8, 4) is 0 Å². The van der Waals surface area contributed by atoms with E-state index in [1.807, 2.05) is 48.5 Å². The lowest BCUT2D eigenvalue weighted by atomic mass is 9.83. The number of anilines is 2. The number of fused-ring (bicyclic) bond motifs is 1. The number of urea groups is 1. The minimum Gasteiger partial charge on any atom is -0.308 e.